The molecule has 2 heteroatoms. The maximum Gasteiger partial charge on any atom is 0.0531 e. The summed E-state index contributed by atoms with van der Waals surface area (Å²) in [4.78, 5) is 0. The maximum atomic E-state index is 6.03. The summed E-state index contributed by atoms with van der Waals surface area (Å²) in [5.74, 6) is 0. The standard InChI is InChI=1S/C12H14N2/c13-10-6-9-3-1-2-8-4-5-14-11(7-10)12(8)9/h1-5,10-11,14H,6-7,13H2. The molecular weight excluding hydrogens is 172 g/mol. The zero-order chi connectivity index (χ0) is 9.54. The predicted octanol–water partition coefficient (Wildman–Crippen LogP) is 1.58. The lowest BCUT2D eigenvalue weighted by molar-refractivity contribution is 0.456. The molecule has 0 fully saturated rings. The molecule has 1 aromatic carbocycles. The highest BCUT2D eigenvalue weighted by Crippen LogP contribution is 2.34. The highest BCUT2D eigenvalue weighted by atomic mass is 14.9. The Labute approximate surface area is 83.8 Å². The molecule has 0 bridgehead atoms. The van der Waals surface area contributed by atoms with Crippen molar-refractivity contribution in [3.05, 3.63) is 41.1 Å². The summed E-state index contributed by atoms with van der Waals surface area (Å²) in [6.07, 6.45) is 6.25. The molecule has 0 saturated heterocycles. The Bertz CT molecular complexity index is 395. The summed E-state index contributed by atoms with van der Waals surface area (Å²) in [7, 11) is 0. The smallest absolute Gasteiger partial charge is 0.0531 e. The van der Waals surface area contributed by atoms with Crippen LogP contribution in [0.5, 0.6) is 0 Å². The van der Waals surface area contributed by atoms with Crippen molar-refractivity contribution >= 4 is 6.08 Å². The van der Waals surface area contributed by atoms with Gasteiger partial charge in [-0.05, 0) is 41.8 Å². The molecule has 0 spiro atoms. The Morgan fingerprint density at radius 1 is 1.36 bits per heavy atom. The van der Waals surface area contributed by atoms with E-state index < -0.39 is 0 Å². The Kier molecular flexibility index (Phi) is 1.64. The van der Waals surface area contributed by atoms with Crippen molar-refractivity contribution < 1.29 is 0 Å². The summed E-state index contributed by atoms with van der Waals surface area (Å²) in [6, 6.07) is 7.25. The van der Waals surface area contributed by atoms with Gasteiger partial charge >= 0.3 is 0 Å². The van der Waals surface area contributed by atoms with Gasteiger partial charge in [0.05, 0.1) is 6.04 Å². The van der Waals surface area contributed by atoms with Gasteiger partial charge in [-0.1, -0.05) is 18.2 Å². The van der Waals surface area contributed by atoms with Crippen LogP contribution in [0.3, 0.4) is 0 Å². The van der Waals surface area contributed by atoms with Crippen LogP contribution in [-0.2, 0) is 6.42 Å². The first kappa shape index (κ1) is 8.06. The topological polar surface area (TPSA) is 38.0 Å². The molecular formula is C12H14N2. The van der Waals surface area contributed by atoms with Crippen molar-refractivity contribution in [3.63, 3.8) is 0 Å². The Morgan fingerprint density at radius 2 is 2.29 bits per heavy atom. The van der Waals surface area contributed by atoms with Gasteiger partial charge < -0.3 is 11.1 Å². The Hall–Kier alpha value is -1.28. The fraction of sp³-hybridized carbons (Fsp3) is 0.333. The zero-order valence-electron chi connectivity index (χ0n) is 8.03. The van der Waals surface area contributed by atoms with E-state index >= 15 is 0 Å². The van der Waals surface area contributed by atoms with Crippen LogP contribution in [0.4, 0.5) is 0 Å². The average molecular weight is 186 g/mol. The summed E-state index contributed by atoms with van der Waals surface area (Å²) < 4.78 is 0. The lowest BCUT2D eigenvalue weighted by Gasteiger charge is -2.33. The van der Waals surface area contributed by atoms with Crippen LogP contribution in [0.25, 0.3) is 6.08 Å². The number of hydrogen-bond donors (Lipinski definition) is 2. The first-order chi connectivity index (χ1) is 6.84. The van der Waals surface area contributed by atoms with Gasteiger partial charge in [0.1, 0.15) is 0 Å². The van der Waals surface area contributed by atoms with Crippen LogP contribution in [0.1, 0.15) is 29.2 Å². The summed E-state index contributed by atoms with van der Waals surface area (Å²) in [5.41, 5.74) is 10.3. The van der Waals surface area contributed by atoms with Gasteiger partial charge in [0.25, 0.3) is 0 Å². The third-order valence-electron chi connectivity index (χ3n) is 3.16. The van der Waals surface area contributed by atoms with E-state index in [9.17, 15) is 0 Å². The lowest BCUT2D eigenvalue weighted by Crippen LogP contribution is -2.36. The lowest BCUT2D eigenvalue weighted by atomic mass is 9.81. The van der Waals surface area contributed by atoms with Crippen LogP contribution < -0.4 is 11.1 Å². The third-order valence-corrected chi connectivity index (χ3v) is 3.16. The number of nitrogens with two attached hydrogens (primary N) is 1. The van der Waals surface area contributed by atoms with Gasteiger partial charge in [0.15, 0.2) is 0 Å². The minimum atomic E-state index is 0.307. The van der Waals surface area contributed by atoms with Crippen LogP contribution in [0, 0.1) is 0 Å². The van der Waals surface area contributed by atoms with Crippen molar-refractivity contribution in [2.45, 2.75) is 24.9 Å². The van der Waals surface area contributed by atoms with E-state index in [0.29, 0.717) is 12.1 Å². The molecule has 14 heavy (non-hydrogen) atoms. The molecule has 2 atom stereocenters. The summed E-state index contributed by atoms with van der Waals surface area (Å²) in [6.45, 7) is 0. The fourth-order valence-electron chi connectivity index (χ4n) is 2.57. The van der Waals surface area contributed by atoms with Gasteiger partial charge in [0, 0.05) is 6.04 Å². The molecule has 3 rings (SSSR count). The Morgan fingerprint density at radius 3 is 3.21 bits per heavy atom. The molecule has 72 valence electrons. The predicted molar refractivity (Wildman–Crippen MR) is 57.6 cm³/mol. The molecule has 1 heterocycles. The van der Waals surface area contributed by atoms with Gasteiger partial charge in [0.2, 0.25) is 0 Å². The van der Waals surface area contributed by atoms with E-state index in [0.717, 1.165) is 12.8 Å². The molecule has 0 aromatic heterocycles. The van der Waals surface area contributed by atoms with Crippen LogP contribution in [-0.4, -0.2) is 6.04 Å². The van der Waals surface area contributed by atoms with E-state index in [4.69, 9.17) is 5.73 Å². The van der Waals surface area contributed by atoms with Gasteiger partial charge in [-0.25, -0.2) is 0 Å². The molecule has 1 aromatic rings. The second kappa shape index (κ2) is 2.85. The van der Waals surface area contributed by atoms with E-state index in [1.807, 2.05) is 6.20 Å². The van der Waals surface area contributed by atoms with Gasteiger partial charge in [-0.3, -0.25) is 0 Å². The van der Waals surface area contributed by atoms with Gasteiger partial charge in [-0.2, -0.15) is 0 Å². The SMILES string of the molecule is NC1Cc2cccc3c2C(C1)NC=C3. The maximum absolute atomic E-state index is 6.03. The van der Waals surface area contributed by atoms with Crippen LogP contribution in [0.15, 0.2) is 24.4 Å². The van der Waals surface area contributed by atoms with E-state index in [1.54, 1.807) is 0 Å². The van der Waals surface area contributed by atoms with Crippen LogP contribution in [0.2, 0.25) is 0 Å². The van der Waals surface area contributed by atoms with Crippen molar-refractivity contribution in [2.75, 3.05) is 0 Å². The van der Waals surface area contributed by atoms with Crippen molar-refractivity contribution in [1.29, 1.82) is 0 Å². The minimum Gasteiger partial charge on any atom is -0.384 e. The second-order valence-electron chi connectivity index (χ2n) is 4.17. The molecule has 0 saturated carbocycles. The van der Waals surface area contributed by atoms with E-state index in [1.165, 1.54) is 16.7 Å². The number of hydrogen-bond acceptors (Lipinski definition) is 2. The molecule has 0 radical (unpaired) electrons. The summed E-state index contributed by atoms with van der Waals surface area (Å²) >= 11 is 0. The quantitative estimate of drug-likeness (QED) is 0.645. The first-order valence-corrected chi connectivity index (χ1v) is 5.14. The minimum absolute atomic E-state index is 0.307. The van der Waals surface area contributed by atoms with Crippen molar-refractivity contribution in [3.8, 4) is 0 Å². The molecule has 3 N–H and O–H groups in total. The zero-order valence-corrected chi connectivity index (χ0v) is 8.03. The second-order valence-corrected chi connectivity index (χ2v) is 4.17. The molecule has 1 aliphatic heterocycles. The highest BCUT2D eigenvalue weighted by molar-refractivity contribution is 5.60. The molecule has 2 unspecified atom stereocenters. The van der Waals surface area contributed by atoms with E-state index in [-0.39, 0.29) is 0 Å². The van der Waals surface area contributed by atoms with Crippen molar-refractivity contribution in [2.24, 2.45) is 5.73 Å². The third kappa shape index (κ3) is 1.07. The normalized spacial score (nSPS) is 28.1. The summed E-state index contributed by atoms with van der Waals surface area (Å²) in [5, 5.41) is 3.39. The monoisotopic (exact) mass is 186 g/mol. The molecule has 2 nitrogen and oxygen atoms in total. The first-order valence-electron chi connectivity index (χ1n) is 5.14. The number of rotatable bonds is 0. The van der Waals surface area contributed by atoms with Gasteiger partial charge in [-0.15, -0.1) is 0 Å². The van der Waals surface area contributed by atoms with E-state index in [2.05, 4.69) is 29.6 Å². The number of benzene rings is 1. The average Bonchev–Trinajstić information content (AvgIpc) is 2.18. The number of nitrogens with one attached hydrogen (secondary N) is 1. The molecule has 2 aliphatic rings. The van der Waals surface area contributed by atoms with Crippen LogP contribution >= 0.6 is 0 Å². The largest absolute Gasteiger partial charge is 0.384 e. The molecule has 1 aliphatic carbocycles. The Balaban J connectivity index is 2.19. The fourth-order valence-corrected chi connectivity index (χ4v) is 2.57. The highest BCUT2D eigenvalue weighted by Gasteiger charge is 2.27. The molecule has 0 amide bonds. The van der Waals surface area contributed by atoms with Crippen molar-refractivity contribution in [1.82, 2.24) is 5.32 Å².